The van der Waals surface area contributed by atoms with E-state index in [1.165, 1.54) is 12.3 Å². The molecular formula is C14H14N2O3. The molecule has 0 saturated carbocycles. The number of benzene rings is 1. The number of nitrogens with zero attached hydrogens (tertiary/aromatic N) is 1. The Morgan fingerprint density at radius 3 is 2.63 bits per heavy atom. The molecule has 0 atom stereocenters. The molecule has 0 fully saturated rings. The third-order valence-corrected chi connectivity index (χ3v) is 2.38. The highest BCUT2D eigenvalue weighted by Crippen LogP contribution is 2.04. The van der Waals surface area contributed by atoms with Crippen LogP contribution >= 0.6 is 0 Å². The molecule has 2 rings (SSSR count). The Bertz CT molecular complexity index is 526. The van der Waals surface area contributed by atoms with Crippen LogP contribution in [0.4, 0.5) is 5.69 Å². The molecule has 1 aromatic carbocycles. The second-order valence-electron chi connectivity index (χ2n) is 3.86. The molecule has 0 unspecified atom stereocenters. The summed E-state index contributed by atoms with van der Waals surface area (Å²) < 4.78 is 10.2. The predicted molar refractivity (Wildman–Crippen MR) is 70.2 cm³/mol. The van der Waals surface area contributed by atoms with E-state index < -0.39 is 5.97 Å². The summed E-state index contributed by atoms with van der Waals surface area (Å²) in [5.41, 5.74) is 7.19. The van der Waals surface area contributed by atoms with Crippen molar-refractivity contribution in [1.82, 2.24) is 4.98 Å². The minimum atomic E-state index is -0.534. The lowest BCUT2D eigenvalue weighted by Crippen LogP contribution is -2.10. The molecule has 1 heterocycles. The van der Waals surface area contributed by atoms with E-state index in [4.69, 9.17) is 15.2 Å². The maximum Gasteiger partial charge on any atom is 0.359 e. The quantitative estimate of drug-likeness (QED) is 0.504. The number of nitrogen functional groups attached to an aromatic ring is 1. The molecule has 98 valence electrons. The molecular weight excluding hydrogens is 244 g/mol. The number of esters is 1. The highest BCUT2D eigenvalue weighted by Gasteiger charge is 2.07. The Hall–Kier alpha value is -2.40. The summed E-state index contributed by atoms with van der Waals surface area (Å²) >= 11 is 0. The average Bonchev–Trinajstić information content (AvgIpc) is 2.45. The fourth-order valence-electron chi connectivity index (χ4n) is 1.43. The normalized spacial score (nSPS) is 10.1. The van der Waals surface area contributed by atoms with Gasteiger partial charge in [0.25, 0.3) is 0 Å². The SMILES string of the molecule is Nc1ccc(C(=O)OCOCc2ccccc2)nc1. The fraction of sp³-hybridized carbons (Fsp3) is 0.143. The molecule has 2 aromatic rings. The molecule has 5 nitrogen and oxygen atoms in total. The first-order valence-electron chi connectivity index (χ1n) is 5.76. The predicted octanol–water partition coefficient (Wildman–Crippen LogP) is 1.99. The van der Waals surface area contributed by atoms with Crippen LogP contribution < -0.4 is 5.73 Å². The van der Waals surface area contributed by atoms with Crippen molar-refractivity contribution in [1.29, 1.82) is 0 Å². The van der Waals surface area contributed by atoms with Gasteiger partial charge in [-0.1, -0.05) is 30.3 Å². The van der Waals surface area contributed by atoms with E-state index in [9.17, 15) is 4.79 Å². The summed E-state index contributed by atoms with van der Waals surface area (Å²) in [7, 11) is 0. The number of ether oxygens (including phenoxy) is 2. The van der Waals surface area contributed by atoms with Crippen LogP contribution in [0, 0.1) is 0 Å². The minimum absolute atomic E-state index is 0.111. The number of pyridine rings is 1. The van der Waals surface area contributed by atoms with Gasteiger partial charge < -0.3 is 15.2 Å². The molecule has 5 heteroatoms. The third kappa shape index (κ3) is 4.08. The van der Waals surface area contributed by atoms with Gasteiger partial charge in [0.15, 0.2) is 6.79 Å². The standard InChI is InChI=1S/C14H14N2O3/c15-12-6-7-13(16-8-12)14(17)19-10-18-9-11-4-2-1-3-5-11/h1-8H,9-10,15H2. The number of nitrogens with two attached hydrogens (primary N) is 1. The van der Waals surface area contributed by atoms with E-state index in [0.29, 0.717) is 12.3 Å². The van der Waals surface area contributed by atoms with E-state index in [2.05, 4.69) is 4.98 Å². The van der Waals surface area contributed by atoms with Gasteiger partial charge in [-0.05, 0) is 17.7 Å². The number of carbonyl (C=O) groups excluding carboxylic acids is 1. The molecule has 0 spiro atoms. The summed E-state index contributed by atoms with van der Waals surface area (Å²) in [4.78, 5) is 15.4. The second-order valence-corrected chi connectivity index (χ2v) is 3.86. The van der Waals surface area contributed by atoms with Crippen molar-refractivity contribution in [2.24, 2.45) is 0 Å². The summed E-state index contributed by atoms with van der Waals surface area (Å²) in [6, 6.07) is 12.7. The van der Waals surface area contributed by atoms with Gasteiger partial charge in [0.05, 0.1) is 18.5 Å². The van der Waals surface area contributed by atoms with Crippen LogP contribution in [0.1, 0.15) is 16.1 Å². The Kier molecular flexibility index (Phi) is 4.47. The van der Waals surface area contributed by atoms with Crippen molar-refractivity contribution < 1.29 is 14.3 Å². The first-order chi connectivity index (χ1) is 9.25. The molecule has 1 aromatic heterocycles. The van der Waals surface area contributed by atoms with Crippen LogP contribution in [0.3, 0.4) is 0 Å². The maximum absolute atomic E-state index is 11.6. The van der Waals surface area contributed by atoms with Crippen LogP contribution in [0.2, 0.25) is 0 Å². The third-order valence-electron chi connectivity index (χ3n) is 2.38. The zero-order valence-electron chi connectivity index (χ0n) is 10.3. The molecule has 0 saturated heterocycles. The lowest BCUT2D eigenvalue weighted by molar-refractivity contribution is -0.0385. The Morgan fingerprint density at radius 1 is 1.16 bits per heavy atom. The highest BCUT2D eigenvalue weighted by molar-refractivity contribution is 5.87. The van der Waals surface area contributed by atoms with Crippen LogP contribution in [-0.4, -0.2) is 17.7 Å². The van der Waals surface area contributed by atoms with Crippen molar-refractivity contribution in [2.75, 3.05) is 12.5 Å². The minimum Gasteiger partial charge on any atom is -0.434 e. The summed E-state index contributed by atoms with van der Waals surface area (Å²) in [6.07, 6.45) is 1.40. The van der Waals surface area contributed by atoms with Gasteiger partial charge in [-0.25, -0.2) is 9.78 Å². The molecule has 0 aliphatic heterocycles. The van der Waals surface area contributed by atoms with E-state index in [1.54, 1.807) is 6.07 Å². The van der Waals surface area contributed by atoms with Crippen LogP contribution in [0.5, 0.6) is 0 Å². The number of rotatable bonds is 5. The van der Waals surface area contributed by atoms with E-state index in [-0.39, 0.29) is 12.5 Å². The first kappa shape index (κ1) is 13.0. The Labute approximate surface area is 111 Å². The zero-order valence-corrected chi connectivity index (χ0v) is 10.3. The van der Waals surface area contributed by atoms with Crippen molar-refractivity contribution >= 4 is 11.7 Å². The van der Waals surface area contributed by atoms with Gasteiger partial charge in [0.1, 0.15) is 5.69 Å². The van der Waals surface area contributed by atoms with E-state index in [1.807, 2.05) is 30.3 Å². The number of hydrogen-bond acceptors (Lipinski definition) is 5. The lowest BCUT2D eigenvalue weighted by Gasteiger charge is -2.05. The molecule has 0 amide bonds. The zero-order chi connectivity index (χ0) is 13.5. The molecule has 19 heavy (non-hydrogen) atoms. The molecule has 0 aliphatic rings. The second kappa shape index (κ2) is 6.51. The van der Waals surface area contributed by atoms with Crippen LogP contribution in [0.25, 0.3) is 0 Å². The number of aromatic nitrogens is 1. The van der Waals surface area contributed by atoms with Gasteiger partial charge in [-0.2, -0.15) is 0 Å². The summed E-state index contributed by atoms with van der Waals surface area (Å²) in [5.74, 6) is -0.534. The van der Waals surface area contributed by atoms with Gasteiger partial charge >= 0.3 is 5.97 Å². The lowest BCUT2D eigenvalue weighted by atomic mass is 10.2. The molecule has 0 bridgehead atoms. The smallest absolute Gasteiger partial charge is 0.359 e. The number of anilines is 1. The van der Waals surface area contributed by atoms with Crippen LogP contribution in [0.15, 0.2) is 48.7 Å². The topological polar surface area (TPSA) is 74.4 Å². The first-order valence-corrected chi connectivity index (χ1v) is 5.76. The summed E-state index contributed by atoms with van der Waals surface area (Å²) in [5, 5.41) is 0. The van der Waals surface area contributed by atoms with E-state index >= 15 is 0 Å². The van der Waals surface area contributed by atoms with Crippen molar-refractivity contribution in [3.05, 3.63) is 59.9 Å². The Balaban J connectivity index is 1.74. The monoisotopic (exact) mass is 258 g/mol. The van der Waals surface area contributed by atoms with Gasteiger partial charge in [-0.15, -0.1) is 0 Å². The number of hydrogen-bond donors (Lipinski definition) is 1. The average molecular weight is 258 g/mol. The molecule has 0 aliphatic carbocycles. The van der Waals surface area contributed by atoms with Gasteiger partial charge in [0.2, 0.25) is 0 Å². The largest absolute Gasteiger partial charge is 0.434 e. The van der Waals surface area contributed by atoms with Crippen molar-refractivity contribution in [3.8, 4) is 0 Å². The van der Waals surface area contributed by atoms with Crippen molar-refractivity contribution in [2.45, 2.75) is 6.61 Å². The summed E-state index contributed by atoms with van der Waals surface area (Å²) in [6.45, 7) is 0.281. The van der Waals surface area contributed by atoms with Gasteiger partial charge in [0, 0.05) is 0 Å². The number of carbonyl (C=O) groups is 1. The fourth-order valence-corrected chi connectivity index (χ4v) is 1.43. The van der Waals surface area contributed by atoms with Gasteiger partial charge in [-0.3, -0.25) is 0 Å². The highest BCUT2D eigenvalue weighted by atomic mass is 16.7. The van der Waals surface area contributed by atoms with Crippen LogP contribution in [-0.2, 0) is 16.1 Å². The van der Waals surface area contributed by atoms with Crippen molar-refractivity contribution in [3.63, 3.8) is 0 Å². The maximum atomic E-state index is 11.6. The Morgan fingerprint density at radius 2 is 1.95 bits per heavy atom. The van der Waals surface area contributed by atoms with E-state index in [0.717, 1.165) is 5.56 Å². The molecule has 0 radical (unpaired) electrons. The molecule has 2 N–H and O–H groups in total.